The first-order valence-corrected chi connectivity index (χ1v) is 9.23. The molecule has 8 heteroatoms. The predicted molar refractivity (Wildman–Crippen MR) is 108 cm³/mol. The number of carbonyl (C=O) groups is 1. The van der Waals surface area contributed by atoms with Crippen LogP contribution in [0.5, 0.6) is 17.4 Å². The lowest BCUT2D eigenvalue weighted by Gasteiger charge is -2.07. The number of fused-ring (bicyclic) bond motifs is 1. The number of aromatic amines is 1. The maximum absolute atomic E-state index is 12.3. The van der Waals surface area contributed by atoms with Gasteiger partial charge in [-0.2, -0.15) is 0 Å². The Labute approximate surface area is 167 Å². The van der Waals surface area contributed by atoms with Gasteiger partial charge in [-0.05, 0) is 31.2 Å². The molecule has 2 heterocycles. The fraction of sp³-hybridized carbons (Fsp3) is 0.190. The number of amides is 1. The van der Waals surface area contributed by atoms with Crippen LogP contribution in [0.1, 0.15) is 21.7 Å². The number of rotatable bonds is 7. The largest absolute Gasteiger partial charge is 0.493 e. The Morgan fingerprint density at radius 2 is 1.93 bits per heavy atom. The van der Waals surface area contributed by atoms with E-state index in [0.29, 0.717) is 47.4 Å². The molecule has 0 unspecified atom stereocenters. The van der Waals surface area contributed by atoms with Gasteiger partial charge in [-0.3, -0.25) is 9.89 Å². The van der Waals surface area contributed by atoms with Gasteiger partial charge in [0.25, 0.3) is 5.91 Å². The van der Waals surface area contributed by atoms with Crippen molar-refractivity contribution >= 4 is 11.6 Å². The molecule has 0 fully saturated rings. The van der Waals surface area contributed by atoms with Crippen LogP contribution in [0.15, 0.2) is 54.6 Å². The van der Waals surface area contributed by atoms with E-state index in [-0.39, 0.29) is 5.91 Å². The van der Waals surface area contributed by atoms with Gasteiger partial charge in [0.05, 0.1) is 7.11 Å². The Morgan fingerprint density at radius 3 is 2.72 bits per heavy atom. The molecule has 2 N–H and O–H groups in total. The lowest BCUT2D eigenvalue weighted by molar-refractivity contribution is 0.0954. The van der Waals surface area contributed by atoms with Crippen molar-refractivity contribution in [2.45, 2.75) is 13.3 Å². The number of aryl methyl sites for hydroxylation is 1. The predicted octanol–water partition coefficient (Wildman–Crippen LogP) is 3.14. The van der Waals surface area contributed by atoms with Crippen LogP contribution in [0, 0.1) is 6.92 Å². The van der Waals surface area contributed by atoms with Gasteiger partial charge in [0.15, 0.2) is 23.0 Å². The van der Waals surface area contributed by atoms with Gasteiger partial charge in [0.2, 0.25) is 5.88 Å². The van der Waals surface area contributed by atoms with E-state index in [2.05, 4.69) is 20.6 Å². The minimum atomic E-state index is -0.110. The first-order chi connectivity index (χ1) is 14.1. The Balaban J connectivity index is 1.42. The van der Waals surface area contributed by atoms with Crippen LogP contribution in [0.2, 0.25) is 0 Å². The Morgan fingerprint density at radius 1 is 1.10 bits per heavy atom. The van der Waals surface area contributed by atoms with Crippen molar-refractivity contribution in [1.29, 1.82) is 0 Å². The first kappa shape index (κ1) is 18.5. The van der Waals surface area contributed by atoms with Crippen LogP contribution >= 0.6 is 0 Å². The molecule has 8 nitrogen and oxygen atoms in total. The molecule has 0 radical (unpaired) electrons. The van der Waals surface area contributed by atoms with Gasteiger partial charge in [-0.1, -0.05) is 29.8 Å². The molecule has 0 aliphatic rings. The van der Waals surface area contributed by atoms with Gasteiger partial charge >= 0.3 is 0 Å². The smallest absolute Gasteiger partial charge is 0.251 e. The maximum atomic E-state index is 12.3. The minimum Gasteiger partial charge on any atom is -0.493 e. The van der Waals surface area contributed by atoms with E-state index in [1.165, 1.54) is 0 Å². The number of hydrogen-bond donors (Lipinski definition) is 2. The SMILES string of the molecule is COc1ccccc1Oc1cc2nnc(CCNC(=O)c3cccc(C)c3)n2[nH]1. The van der Waals surface area contributed by atoms with E-state index in [1.807, 2.05) is 49.4 Å². The number of benzene rings is 2. The molecule has 0 aliphatic carbocycles. The van der Waals surface area contributed by atoms with Gasteiger partial charge < -0.3 is 14.8 Å². The zero-order valence-electron chi connectivity index (χ0n) is 16.2. The molecule has 2 aromatic carbocycles. The van der Waals surface area contributed by atoms with E-state index in [9.17, 15) is 4.79 Å². The van der Waals surface area contributed by atoms with Gasteiger partial charge in [0.1, 0.15) is 0 Å². The number of carbonyl (C=O) groups excluding carboxylic acids is 1. The highest BCUT2D eigenvalue weighted by Gasteiger charge is 2.13. The van der Waals surface area contributed by atoms with E-state index < -0.39 is 0 Å². The van der Waals surface area contributed by atoms with Crippen molar-refractivity contribution in [3.8, 4) is 17.4 Å². The number of methoxy groups -OCH3 is 1. The Kier molecular flexibility index (Phi) is 5.15. The molecule has 0 aliphatic heterocycles. The van der Waals surface area contributed by atoms with Crippen molar-refractivity contribution < 1.29 is 14.3 Å². The summed E-state index contributed by atoms with van der Waals surface area (Å²) in [5.41, 5.74) is 2.32. The Bertz CT molecular complexity index is 1150. The first-order valence-electron chi connectivity index (χ1n) is 9.23. The van der Waals surface area contributed by atoms with Crippen LogP contribution in [0.3, 0.4) is 0 Å². The minimum absolute atomic E-state index is 0.110. The summed E-state index contributed by atoms with van der Waals surface area (Å²) in [6.45, 7) is 2.40. The molecule has 1 amide bonds. The zero-order valence-corrected chi connectivity index (χ0v) is 16.2. The van der Waals surface area contributed by atoms with Gasteiger partial charge in [0, 0.05) is 24.6 Å². The third-order valence-electron chi connectivity index (χ3n) is 4.44. The van der Waals surface area contributed by atoms with Crippen molar-refractivity contribution in [3.63, 3.8) is 0 Å². The number of nitrogens with one attached hydrogen (secondary N) is 2. The van der Waals surface area contributed by atoms with Gasteiger partial charge in [-0.15, -0.1) is 10.2 Å². The number of ether oxygens (including phenoxy) is 2. The van der Waals surface area contributed by atoms with Gasteiger partial charge in [-0.25, -0.2) is 4.52 Å². The summed E-state index contributed by atoms with van der Waals surface area (Å²) in [6, 6.07) is 16.6. The molecule has 2 aromatic heterocycles. The van der Waals surface area contributed by atoms with Crippen molar-refractivity contribution in [3.05, 3.63) is 71.5 Å². The molecule has 4 aromatic rings. The third-order valence-corrected chi connectivity index (χ3v) is 4.44. The lowest BCUT2D eigenvalue weighted by atomic mass is 10.1. The zero-order chi connectivity index (χ0) is 20.2. The lowest BCUT2D eigenvalue weighted by Crippen LogP contribution is -2.26. The second-order valence-corrected chi connectivity index (χ2v) is 6.56. The molecule has 0 spiro atoms. The molecule has 4 rings (SSSR count). The van der Waals surface area contributed by atoms with Crippen molar-refractivity contribution in [2.24, 2.45) is 0 Å². The quantitative estimate of drug-likeness (QED) is 0.505. The second-order valence-electron chi connectivity index (χ2n) is 6.56. The number of nitrogens with zero attached hydrogens (tertiary/aromatic N) is 3. The number of hydrogen-bond acceptors (Lipinski definition) is 5. The normalized spacial score (nSPS) is 10.8. The highest BCUT2D eigenvalue weighted by Crippen LogP contribution is 2.30. The fourth-order valence-corrected chi connectivity index (χ4v) is 3.02. The topological polar surface area (TPSA) is 93.5 Å². The van der Waals surface area contributed by atoms with E-state index in [0.717, 1.165) is 5.56 Å². The molecule has 29 heavy (non-hydrogen) atoms. The molecular weight excluding hydrogens is 370 g/mol. The third kappa shape index (κ3) is 4.06. The molecular formula is C21H21N5O3. The van der Waals surface area contributed by atoms with Crippen molar-refractivity contribution in [2.75, 3.05) is 13.7 Å². The highest BCUT2D eigenvalue weighted by atomic mass is 16.5. The molecule has 0 saturated carbocycles. The molecule has 0 bridgehead atoms. The number of para-hydroxylation sites is 2. The summed E-state index contributed by atoms with van der Waals surface area (Å²) in [6.07, 6.45) is 0.521. The Hall–Kier alpha value is -3.81. The van der Waals surface area contributed by atoms with Crippen LogP contribution in [-0.4, -0.2) is 39.4 Å². The number of aromatic nitrogens is 4. The summed E-state index contributed by atoms with van der Waals surface area (Å²) in [5.74, 6) is 2.33. The second kappa shape index (κ2) is 8.05. The van der Waals surface area contributed by atoms with E-state index in [4.69, 9.17) is 9.47 Å². The summed E-state index contributed by atoms with van der Waals surface area (Å²) < 4.78 is 12.9. The van der Waals surface area contributed by atoms with E-state index >= 15 is 0 Å². The molecule has 148 valence electrons. The summed E-state index contributed by atoms with van der Waals surface area (Å²) in [5, 5.41) is 14.4. The summed E-state index contributed by atoms with van der Waals surface area (Å²) in [7, 11) is 1.59. The average molecular weight is 391 g/mol. The van der Waals surface area contributed by atoms with Crippen LogP contribution in [0.4, 0.5) is 0 Å². The highest BCUT2D eigenvalue weighted by molar-refractivity contribution is 5.94. The van der Waals surface area contributed by atoms with Crippen LogP contribution in [-0.2, 0) is 6.42 Å². The standard InChI is InChI=1S/C21H21N5O3/c1-14-6-5-7-15(12-14)21(27)22-11-10-18-23-24-19-13-20(25-26(18)19)29-17-9-4-3-8-16(17)28-2/h3-9,12-13,25H,10-11H2,1-2H3,(H,22,27). The monoisotopic (exact) mass is 391 g/mol. The molecule has 0 saturated heterocycles. The number of H-pyrrole nitrogens is 1. The maximum Gasteiger partial charge on any atom is 0.251 e. The van der Waals surface area contributed by atoms with Crippen LogP contribution < -0.4 is 14.8 Å². The van der Waals surface area contributed by atoms with Crippen LogP contribution in [0.25, 0.3) is 5.65 Å². The average Bonchev–Trinajstić information content (AvgIpc) is 3.29. The van der Waals surface area contributed by atoms with Crippen molar-refractivity contribution in [1.82, 2.24) is 25.1 Å². The molecule has 0 atom stereocenters. The summed E-state index contributed by atoms with van der Waals surface area (Å²) in [4.78, 5) is 12.3. The fourth-order valence-electron chi connectivity index (χ4n) is 3.02. The van der Waals surface area contributed by atoms with E-state index in [1.54, 1.807) is 23.8 Å². The summed E-state index contributed by atoms with van der Waals surface area (Å²) >= 11 is 0.